The minimum atomic E-state index is 0.558. The largest absolute Gasteiger partial charge is 0.385 e. The van der Waals surface area contributed by atoms with Gasteiger partial charge >= 0.3 is 0 Å². The number of dihydropyridines is 1. The zero-order chi connectivity index (χ0) is 19.3. The summed E-state index contributed by atoms with van der Waals surface area (Å²) >= 11 is 0. The predicted molar refractivity (Wildman–Crippen MR) is 115 cm³/mol. The number of aromatic nitrogens is 2. The molecule has 3 N–H and O–H groups in total. The van der Waals surface area contributed by atoms with Crippen molar-refractivity contribution in [2.24, 2.45) is 0 Å². The van der Waals surface area contributed by atoms with Crippen molar-refractivity contribution in [2.75, 3.05) is 17.2 Å². The molecule has 5 nitrogen and oxygen atoms in total. The van der Waals surface area contributed by atoms with Crippen molar-refractivity contribution < 1.29 is 0 Å². The molecule has 1 aromatic heterocycles. The predicted octanol–water partition coefficient (Wildman–Crippen LogP) is 5.08. The van der Waals surface area contributed by atoms with E-state index in [0.29, 0.717) is 5.95 Å². The third-order valence-corrected chi connectivity index (χ3v) is 4.54. The van der Waals surface area contributed by atoms with Crippen LogP contribution >= 0.6 is 0 Å². The molecule has 1 aliphatic rings. The molecule has 2 heterocycles. The molecular formula is C23H23N5. The third kappa shape index (κ3) is 4.20. The number of anilines is 3. The highest BCUT2D eigenvalue weighted by atomic mass is 15.1. The maximum atomic E-state index is 4.72. The van der Waals surface area contributed by atoms with Crippen molar-refractivity contribution in [3.05, 3.63) is 89.8 Å². The number of nitrogens with one attached hydrogen (secondary N) is 3. The Morgan fingerprint density at radius 2 is 1.57 bits per heavy atom. The van der Waals surface area contributed by atoms with Crippen LogP contribution in [0.3, 0.4) is 0 Å². The van der Waals surface area contributed by atoms with Crippen LogP contribution < -0.4 is 16.0 Å². The summed E-state index contributed by atoms with van der Waals surface area (Å²) < 4.78 is 0. The Labute approximate surface area is 165 Å². The Bertz CT molecular complexity index is 1020. The molecule has 0 fully saturated rings. The fourth-order valence-corrected chi connectivity index (χ4v) is 3.01. The highest BCUT2D eigenvalue weighted by Crippen LogP contribution is 2.25. The average molecular weight is 369 g/mol. The van der Waals surface area contributed by atoms with Crippen LogP contribution in [0, 0.1) is 0 Å². The van der Waals surface area contributed by atoms with Crippen LogP contribution in [-0.2, 0) is 0 Å². The topological polar surface area (TPSA) is 61.9 Å². The van der Waals surface area contributed by atoms with Gasteiger partial charge in [0.2, 0.25) is 5.95 Å². The minimum absolute atomic E-state index is 0.558. The standard InChI is InChI=1S/C23H23N5/c1-16-15-24-17(2)13-20(16)26-22-14-21(18-9-5-3-6-10-18)27-23(28-22)25-19-11-7-4-8-12-19/h3-14,24H,15H2,1-2H3,(H2,25,26,27,28). The first-order chi connectivity index (χ1) is 13.7. The van der Waals surface area contributed by atoms with E-state index in [9.17, 15) is 0 Å². The summed E-state index contributed by atoms with van der Waals surface area (Å²) in [5.41, 5.74) is 6.30. The lowest BCUT2D eigenvalue weighted by Gasteiger charge is -2.19. The molecule has 1 aliphatic heterocycles. The molecule has 140 valence electrons. The van der Waals surface area contributed by atoms with Gasteiger partial charge < -0.3 is 16.0 Å². The van der Waals surface area contributed by atoms with E-state index < -0.39 is 0 Å². The van der Waals surface area contributed by atoms with Gasteiger partial charge in [-0.1, -0.05) is 48.5 Å². The van der Waals surface area contributed by atoms with Gasteiger partial charge in [0.25, 0.3) is 0 Å². The van der Waals surface area contributed by atoms with E-state index in [1.165, 1.54) is 5.57 Å². The highest BCUT2D eigenvalue weighted by Gasteiger charge is 2.11. The Morgan fingerprint density at radius 1 is 0.857 bits per heavy atom. The lowest BCUT2D eigenvalue weighted by molar-refractivity contribution is 0.840. The molecule has 0 saturated carbocycles. The van der Waals surface area contributed by atoms with E-state index in [1.807, 2.05) is 54.6 Å². The number of rotatable bonds is 5. The summed E-state index contributed by atoms with van der Waals surface area (Å²) in [6.07, 6.45) is 2.10. The van der Waals surface area contributed by atoms with E-state index in [2.05, 4.69) is 48.0 Å². The molecule has 0 radical (unpaired) electrons. The van der Waals surface area contributed by atoms with Gasteiger partial charge in [0.15, 0.2) is 0 Å². The summed E-state index contributed by atoms with van der Waals surface area (Å²) in [6.45, 7) is 5.00. The molecule has 0 bridgehead atoms. The number of hydrogen-bond acceptors (Lipinski definition) is 5. The van der Waals surface area contributed by atoms with E-state index >= 15 is 0 Å². The molecule has 3 aromatic rings. The van der Waals surface area contributed by atoms with E-state index in [-0.39, 0.29) is 0 Å². The van der Waals surface area contributed by atoms with Gasteiger partial charge in [0.1, 0.15) is 5.82 Å². The van der Waals surface area contributed by atoms with Gasteiger partial charge in [-0.2, -0.15) is 4.98 Å². The van der Waals surface area contributed by atoms with Crippen LogP contribution in [0.4, 0.5) is 17.5 Å². The lowest BCUT2D eigenvalue weighted by Crippen LogP contribution is -2.21. The molecule has 0 aliphatic carbocycles. The van der Waals surface area contributed by atoms with Crippen molar-refractivity contribution in [3.63, 3.8) is 0 Å². The van der Waals surface area contributed by atoms with Crippen LogP contribution in [0.2, 0.25) is 0 Å². The van der Waals surface area contributed by atoms with Crippen LogP contribution in [-0.4, -0.2) is 16.5 Å². The van der Waals surface area contributed by atoms with Crippen molar-refractivity contribution >= 4 is 17.5 Å². The summed E-state index contributed by atoms with van der Waals surface area (Å²) in [6, 6.07) is 22.1. The maximum absolute atomic E-state index is 4.72. The van der Waals surface area contributed by atoms with Crippen molar-refractivity contribution in [1.29, 1.82) is 0 Å². The molecule has 5 heteroatoms. The van der Waals surface area contributed by atoms with Gasteiger partial charge in [-0.3, -0.25) is 0 Å². The SMILES string of the molecule is CC1=CC(Nc2cc(-c3ccccc3)nc(Nc3ccccc3)n2)=C(C)CN1. The minimum Gasteiger partial charge on any atom is -0.385 e. The normalized spacial score (nSPS) is 13.6. The van der Waals surface area contributed by atoms with Crippen molar-refractivity contribution in [2.45, 2.75) is 13.8 Å². The molecule has 4 rings (SSSR count). The lowest BCUT2D eigenvalue weighted by atomic mass is 10.1. The van der Waals surface area contributed by atoms with Crippen molar-refractivity contribution in [1.82, 2.24) is 15.3 Å². The van der Waals surface area contributed by atoms with E-state index in [0.717, 1.165) is 40.7 Å². The summed E-state index contributed by atoms with van der Waals surface area (Å²) in [7, 11) is 0. The molecule has 0 amide bonds. The Balaban J connectivity index is 1.72. The second-order valence-corrected chi connectivity index (χ2v) is 6.82. The maximum Gasteiger partial charge on any atom is 0.229 e. The Morgan fingerprint density at radius 3 is 2.32 bits per heavy atom. The first kappa shape index (κ1) is 17.8. The molecule has 2 aromatic carbocycles. The number of nitrogens with zero attached hydrogens (tertiary/aromatic N) is 2. The summed E-state index contributed by atoms with van der Waals surface area (Å²) in [4.78, 5) is 9.41. The van der Waals surface area contributed by atoms with Crippen molar-refractivity contribution in [3.8, 4) is 11.3 Å². The van der Waals surface area contributed by atoms with Gasteiger partial charge in [-0.15, -0.1) is 0 Å². The number of para-hydroxylation sites is 1. The summed E-state index contributed by atoms with van der Waals surface area (Å²) in [5, 5.41) is 10.1. The van der Waals surface area contributed by atoms with Gasteiger partial charge in [-0.05, 0) is 37.6 Å². The second kappa shape index (κ2) is 7.96. The summed E-state index contributed by atoms with van der Waals surface area (Å²) in [5.74, 6) is 1.32. The molecule has 0 saturated heterocycles. The number of allylic oxidation sites excluding steroid dienone is 2. The fourth-order valence-electron chi connectivity index (χ4n) is 3.01. The zero-order valence-electron chi connectivity index (χ0n) is 16.0. The number of hydrogen-bond donors (Lipinski definition) is 3. The second-order valence-electron chi connectivity index (χ2n) is 6.82. The molecule has 0 atom stereocenters. The van der Waals surface area contributed by atoms with Gasteiger partial charge in [0, 0.05) is 35.3 Å². The Kier molecular flexibility index (Phi) is 5.06. The fraction of sp³-hybridized carbons (Fsp3) is 0.130. The van der Waals surface area contributed by atoms with Gasteiger partial charge in [-0.25, -0.2) is 4.98 Å². The average Bonchev–Trinajstić information content (AvgIpc) is 2.72. The van der Waals surface area contributed by atoms with E-state index in [4.69, 9.17) is 9.97 Å². The third-order valence-electron chi connectivity index (χ3n) is 4.54. The Hall–Kier alpha value is -3.60. The highest BCUT2D eigenvalue weighted by molar-refractivity contribution is 5.67. The van der Waals surface area contributed by atoms with Gasteiger partial charge in [0.05, 0.1) is 5.69 Å². The van der Waals surface area contributed by atoms with Crippen LogP contribution in [0.5, 0.6) is 0 Å². The van der Waals surface area contributed by atoms with Crippen LogP contribution in [0.25, 0.3) is 11.3 Å². The van der Waals surface area contributed by atoms with Crippen LogP contribution in [0.1, 0.15) is 13.8 Å². The molecule has 28 heavy (non-hydrogen) atoms. The quantitative estimate of drug-likeness (QED) is 0.585. The first-order valence-electron chi connectivity index (χ1n) is 9.33. The molecule has 0 unspecified atom stereocenters. The smallest absolute Gasteiger partial charge is 0.229 e. The first-order valence-corrected chi connectivity index (χ1v) is 9.33. The molecular weight excluding hydrogens is 346 g/mol. The zero-order valence-corrected chi connectivity index (χ0v) is 16.0. The number of benzene rings is 2. The monoisotopic (exact) mass is 369 g/mol. The van der Waals surface area contributed by atoms with Crippen LogP contribution in [0.15, 0.2) is 89.8 Å². The van der Waals surface area contributed by atoms with E-state index in [1.54, 1.807) is 0 Å². The molecule has 0 spiro atoms.